The van der Waals surface area contributed by atoms with Crippen LogP contribution in [0.15, 0.2) is 24.3 Å². The molecule has 1 aromatic rings. The fraction of sp³-hybridized carbons (Fsp3) is 0.571. The molecule has 4 nitrogen and oxygen atoms in total. The van der Waals surface area contributed by atoms with Crippen LogP contribution in [0.2, 0.25) is 0 Å². The summed E-state index contributed by atoms with van der Waals surface area (Å²) in [4.78, 5) is 0. The highest BCUT2D eigenvalue weighted by molar-refractivity contribution is 7.92. The Hall–Kier alpha value is -1.07. The summed E-state index contributed by atoms with van der Waals surface area (Å²) in [6, 6.07) is 7.81. The number of para-hydroxylation sites is 1. The molecule has 0 bridgehead atoms. The van der Waals surface area contributed by atoms with Gasteiger partial charge in [0.1, 0.15) is 0 Å². The predicted molar refractivity (Wildman–Crippen MR) is 79.0 cm³/mol. The van der Waals surface area contributed by atoms with E-state index in [1.165, 1.54) is 0 Å². The van der Waals surface area contributed by atoms with Crippen molar-refractivity contribution < 1.29 is 8.42 Å². The van der Waals surface area contributed by atoms with Gasteiger partial charge in [0.05, 0.1) is 11.4 Å². The lowest BCUT2D eigenvalue weighted by atomic mass is 9.96. The zero-order valence-corrected chi connectivity index (χ0v) is 12.4. The van der Waals surface area contributed by atoms with Crippen LogP contribution in [-0.4, -0.2) is 33.8 Å². The maximum absolute atomic E-state index is 12.5. The Bertz CT molecular complexity index is 528. The van der Waals surface area contributed by atoms with Gasteiger partial charge in [0.2, 0.25) is 10.0 Å². The highest BCUT2D eigenvalue weighted by Crippen LogP contribution is 2.31. The zero-order chi connectivity index (χ0) is 13.9. The Labute approximate surface area is 115 Å². The van der Waals surface area contributed by atoms with Crippen LogP contribution < -0.4 is 9.62 Å². The van der Waals surface area contributed by atoms with E-state index in [-0.39, 0.29) is 5.75 Å². The number of nitrogens with one attached hydrogen (secondary N) is 1. The number of sulfonamides is 1. The van der Waals surface area contributed by atoms with E-state index in [0.29, 0.717) is 19.0 Å². The van der Waals surface area contributed by atoms with Crippen LogP contribution >= 0.6 is 0 Å². The van der Waals surface area contributed by atoms with Gasteiger partial charge in [-0.1, -0.05) is 32.0 Å². The summed E-state index contributed by atoms with van der Waals surface area (Å²) in [6.07, 6.45) is 0.954. The van der Waals surface area contributed by atoms with Crippen LogP contribution in [0.5, 0.6) is 0 Å². The second-order valence-electron chi connectivity index (χ2n) is 5.14. The molecule has 0 aromatic heterocycles. The Morgan fingerprint density at radius 1 is 1.37 bits per heavy atom. The van der Waals surface area contributed by atoms with Gasteiger partial charge in [-0.25, -0.2) is 8.42 Å². The van der Waals surface area contributed by atoms with Crippen molar-refractivity contribution in [1.82, 2.24) is 5.32 Å². The van der Waals surface area contributed by atoms with E-state index in [2.05, 4.69) is 12.2 Å². The van der Waals surface area contributed by atoms with Gasteiger partial charge in [-0.05, 0) is 30.5 Å². The predicted octanol–water partition coefficient (Wildman–Crippen LogP) is 1.62. The first-order chi connectivity index (χ1) is 9.04. The lowest BCUT2D eigenvalue weighted by Crippen LogP contribution is -2.42. The zero-order valence-electron chi connectivity index (χ0n) is 11.6. The second-order valence-corrected chi connectivity index (χ2v) is 7.15. The Morgan fingerprint density at radius 3 is 2.84 bits per heavy atom. The molecule has 1 unspecified atom stereocenters. The van der Waals surface area contributed by atoms with E-state index in [0.717, 1.165) is 24.2 Å². The molecular formula is C14H22N2O2S. The monoisotopic (exact) mass is 282 g/mol. The normalized spacial score (nSPS) is 19.3. The van der Waals surface area contributed by atoms with E-state index in [1.54, 1.807) is 4.31 Å². The van der Waals surface area contributed by atoms with Crippen molar-refractivity contribution in [2.24, 2.45) is 5.92 Å². The number of fused-ring (bicyclic) bond motifs is 1. The summed E-state index contributed by atoms with van der Waals surface area (Å²) in [5.41, 5.74) is 1.99. The van der Waals surface area contributed by atoms with Gasteiger partial charge in [0.25, 0.3) is 0 Å². The molecule has 0 amide bonds. The largest absolute Gasteiger partial charge is 0.316 e. The summed E-state index contributed by atoms with van der Waals surface area (Å²) >= 11 is 0. The highest BCUT2D eigenvalue weighted by atomic mass is 32.2. The second kappa shape index (κ2) is 5.92. The molecule has 0 aliphatic carbocycles. The number of rotatable bonds is 5. The molecular weight excluding hydrogens is 260 g/mol. The Kier molecular flexibility index (Phi) is 4.47. The molecule has 2 rings (SSSR count). The van der Waals surface area contributed by atoms with Gasteiger partial charge in [0, 0.05) is 13.1 Å². The summed E-state index contributed by atoms with van der Waals surface area (Å²) in [6.45, 7) is 5.97. The minimum atomic E-state index is -3.23. The van der Waals surface area contributed by atoms with Gasteiger partial charge in [-0.3, -0.25) is 4.31 Å². The molecule has 0 saturated carbocycles. The van der Waals surface area contributed by atoms with Crippen LogP contribution in [0.1, 0.15) is 19.4 Å². The molecule has 1 aromatic carbocycles. The summed E-state index contributed by atoms with van der Waals surface area (Å²) < 4.78 is 26.5. The van der Waals surface area contributed by atoms with Crippen LogP contribution in [0, 0.1) is 5.92 Å². The maximum atomic E-state index is 12.5. The van der Waals surface area contributed by atoms with Crippen LogP contribution in [0.3, 0.4) is 0 Å². The number of hydrogen-bond donors (Lipinski definition) is 1. The smallest absolute Gasteiger partial charge is 0.236 e. The van der Waals surface area contributed by atoms with Crippen molar-refractivity contribution in [3.63, 3.8) is 0 Å². The van der Waals surface area contributed by atoms with Gasteiger partial charge < -0.3 is 5.32 Å². The molecule has 5 heteroatoms. The molecule has 1 aliphatic rings. The molecule has 19 heavy (non-hydrogen) atoms. The molecule has 106 valence electrons. The molecule has 0 spiro atoms. The van der Waals surface area contributed by atoms with Gasteiger partial charge >= 0.3 is 0 Å². The van der Waals surface area contributed by atoms with E-state index in [9.17, 15) is 8.42 Å². The first kappa shape index (κ1) is 14.3. The van der Waals surface area contributed by atoms with E-state index >= 15 is 0 Å². The standard InChI is InChI=1S/C14H22N2O2S/c1-3-15-8-9-19(17,18)16-11-12(2)10-13-6-4-5-7-14(13)16/h4-7,12,15H,3,8-11H2,1-2H3. The number of benzene rings is 1. The number of hydrogen-bond acceptors (Lipinski definition) is 3. The first-order valence-electron chi connectivity index (χ1n) is 6.83. The van der Waals surface area contributed by atoms with E-state index in [4.69, 9.17) is 0 Å². The maximum Gasteiger partial charge on any atom is 0.236 e. The first-order valence-corrected chi connectivity index (χ1v) is 8.44. The van der Waals surface area contributed by atoms with Crippen LogP contribution in [-0.2, 0) is 16.4 Å². The third-order valence-electron chi connectivity index (χ3n) is 3.43. The molecule has 1 aliphatic heterocycles. The molecule has 0 radical (unpaired) electrons. The third kappa shape index (κ3) is 3.28. The molecule has 1 N–H and O–H groups in total. The number of nitrogens with zero attached hydrogens (tertiary/aromatic N) is 1. The fourth-order valence-electron chi connectivity index (χ4n) is 2.50. The van der Waals surface area contributed by atoms with Crippen LogP contribution in [0.4, 0.5) is 5.69 Å². The minimum absolute atomic E-state index is 0.155. The summed E-state index contributed by atoms with van der Waals surface area (Å²) in [5.74, 6) is 0.519. The van der Waals surface area contributed by atoms with Crippen molar-refractivity contribution in [3.05, 3.63) is 29.8 Å². The molecule has 0 fully saturated rings. The average molecular weight is 282 g/mol. The topological polar surface area (TPSA) is 49.4 Å². The molecule has 0 saturated heterocycles. The highest BCUT2D eigenvalue weighted by Gasteiger charge is 2.29. The van der Waals surface area contributed by atoms with E-state index < -0.39 is 10.0 Å². The van der Waals surface area contributed by atoms with E-state index in [1.807, 2.05) is 31.2 Å². The van der Waals surface area contributed by atoms with Crippen molar-refractivity contribution in [1.29, 1.82) is 0 Å². The minimum Gasteiger partial charge on any atom is -0.316 e. The summed E-state index contributed by atoms with van der Waals surface area (Å²) in [7, 11) is -3.23. The van der Waals surface area contributed by atoms with Gasteiger partial charge in [-0.15, -0.1) is 0 Å². The number of anilines is 1. The Balaban J connectivity index is 2.24. The molecule has 1 heterocycles. The van der Waals surface area contributed by atoms with Gasteiger partial charge in [0.15, 0.2) is 0 Å². The van der Waals surface area contributed by atoms with Crippen molar-refractivity contribution in [2.75, 3.05) is 29.7 Å². The fourth-order valence-corrected chi connectivity index (χ4v) is 4.08. The lowest BCUT2D eigenvalue weighted by molar-refractivity contribution is 0.543. The third-order valence-corrected chi connectivity index (χ3v) is 5.17. The van der Waals surface area contributed by atoms with Crippen molar-refractivity contribution in [2.45, 2.75) is 20.3 Å². The van der Waals surface area contributed by atoms with Crippen LogP contribution in [0.25, 0.3) is 0 Å². The SMILES string of the molecule is CCNCCS(=O)(=O)N1CC(C)Cc2ccccc21. The molecule has 1 atom stereocenters. The average Bonchev–Trinajstić information content (AvgIpc) is 2.38. The lowest BCUT2D eigenvalue weighted by Gasteiger charge is -2.33. The quantitative estimate of drug-likeness (QED) is 0.835. The van der Waals surface area contributed by atoms with Crippen molar-refractivity contribution >= 4 is 15.7 Å². The van der Waals surface area contributed by atoms with Gasteiger partial charge in [-0.2, -0.15) is 0 Å². The van der Waals surface area contributed by atoms with Crippen molar-refractivity contribution in [3.8, 4) is 0 Å². The summed E-state index contributed by atoms with van der Waals surface area (Å²) in [5, 5.41) is 3.07. The Morgan fingerprint density at radius 2 is 2.11 bits per heavy atom.